The minimum atomic E-state index is 0.170. The van der Waals surface area contributed by atoms with Crippen LogP contribution in [-0.2, 0) is 19.3 Å². The summed E-state index contributed by atoms with van der Waals surface area (Å²) >= 11 is 0. The number of nitrogens with zero attached hydrogens (tertiary/aromatic N) is 2. The Morgan fingerprint density at radius 3 is 2.73 bits per heavy atom. The zero-order valence-electron chi connectivity index (χ0n) is 19.5. The molecule has 0 unspecified atom stereocenters. The first-order valence-electron chi connectivity index (χ1n) is 11.7. The number of aryl methyl sites for hydroxylation is 3. The van der Waals surface area contributed by atoms with E-state index in [1.54, 1.807) is 0 Å². The van der Waals surface area contributed by atoms with Crippen LogP contribution >= 0.6 is 0 Å². The highest BCUT2D eigenvalue weighted by Gasteiger charge is 2.08. The summed E-state index contributed by atoms with van der Waals surface area (Å²) in [6.45, 7) is 6.19. The van der Waals surface area contributed by atoms with E-state index in [9.17, 15) is 0 Å². The van der Waals surface area contributed by atoms with Crippen molar-refractivity contribution in [2.75, 3.05) is 0 Å². The van der Waals surface area contributed by atoms with E-state index in [1.807, 2.05) is 18.3 Å². The first kappa shape index (κ1) is 21.3. The van der Waals surface area contributed by atoms with Gasteiger partial charge >= 0.3 is 0 Å². The highest BCUT2D eigenvalue weighted by Crippen LogP contribution is 2.25. The lowest BCUT2D eigenvalue weighted by Gasteiger charge is -2.10. The van der Waals surface area contributed by atoms with E-state index in [-0.39, 0.29) is 6.10 Å². The summed E-state index contributed by atoms with van der Waals surface area (Å²) in [7, 11) is 0. The van der Waals surface area contributed by atoms with E-state index < -0.39 is 0 Å². The molecule has 2 aromatic carbocycles. The number of aromatic amines is 2. The maximum atomic E-state index is 5.87. The van der Waals surface area contributed by atoms with Gasteiger partial charge in [0.2, 0.25) is 0 Å². The highest BCUT2D eigenvalue weighted by atomic mass is 16.5. The largest absolute Gasteiger partial charge is 0.491 e. The van der Waals surface area contributed by atoms with Crippen molar-refractivity contribution in [2.24, 2.45) is 0 Å². The average molecular weight is 439 g/mol. The Balaban J connectivity index is 1.24. The van der Waals surface area contributed by atoms with Crippen LogP contribution in [0.25, 0.3) is 21.8 Å². The molecular formula is C28H30N4O. The molecule has 0 saturated carbocycles. The van der Waals surface area contributed by atoms with Gasteiger partial charge in [0.15, 0.2) is 0 Å². The van der Waals surface area contributed by atoms with Gasteiger partial charge in [-0.05, 0) is 92.6 Å². The van der Waals surface area contributed by atoms with E-state index in [4.69, 9.17) is 9.72 Å². The summed E-state index contributed by atoms with van der Waals surface area (Å²) in [6.07, 6.45) is 7.82. The molecule has 0 radical (unpaired) electrons. The van der Waals surface area contributed by atoms with Crippen LogP contribution in [-0.4, -0.2) is 26.0 Å². The van der Waals surface area contributed by atoms with Crippen molar-refractivity contribution in [2.45, 2.75) is 52.6 Å². The summed E-state index contributed by atoms with van der Waals surface area (Å²) in [5, 5.41) is 2.48. The molecule has 5 nitrogen and oxygen atoms in total. The molecule has 5 rings (SSSR count). The van der Waals surface area contributed by atoms with Crippen LogP contribution in [0.1, 0.15) is 48.6 Å². The number of H-pyrrole nitrogens is 2. The molecule has 0 amide bonds. The Kier molecular flexibility index (Phi) is 5.86. The minimum absolute atomic E-state index is 0.170. The van der Waals surface area contributed by atoms with Crippen LogP contribution in [0.4, 0.5) is 0 Å². The van der Waals surface area contributed by atoms with Gasteiger partial charge in [-0.3, -0.25) is 0 Å². The number of hydrogen-bond acceptors (Lipinski definition) is 3. The van der Waals surface area contributed by atoms with E-state index in [0.29, 0.717) is 0 Å². The molecule has 0 bridgehead atoms. The molecule has 5 aromatic rings. The maximum Gasteiger partial charge on any atom is 0.128 e. The lowest BCUT2D eigenvalue weighted by Crippen LogP contribution is -2.05. The number of benzene rings is 2. The van der Waals surface area contributed by atoms with Gasteiger partial charge in [-0.1, -0.05) is 6.07 Å². The lowest BCUT2D eigenvalue weighted by molar-refractivity contribution is 0.243. The van der Waals surface area contributed by atoms with Gasteiger partial charge in [0.25, 0.3) is 0 Å². The smallest absolute Gasteiger partial charge is 0.128 e. The molecule has 0 spiro atoms. The second-order valence-electron chi connectivity index (χ2n) is 9.06. The Morgan fingerprint density at radius 2 is 1.85 bits per heavy atom. The first-order chi connectivity index (χ1) is 16.0. The molecule has 0 saturated heterocycles. The quantitative estimate of drug-likeness (QED) is 0.299. The highest BCUT2D eigenvalue weighted by molar-refractivity contribution is 5.84. The number of ether oxygens (including phenoxy) is 1. The van der Waals surface area contributed by atoms with Gasteiger partial charge in [0.05, 0.1) is 6.10 Å². The number of aromatic nitrogens is 4. The monoisotopic (exact) mass is 438 g/mol. The van der Waals surface area contributed by atoms with Crippen molar-refractivity contribution in [3.05, 3.63) is 89.3 Å². The van der Waals surface area contributed by atoms with Crippen LogP contribution in [0.3, 0.4) is 0 Å². The number of nitrogens with one attached hydrogen (secondary N) is 2. The van der Waals surface area contributed by atoms with Crippen LogP contribution in [0.2, 0.25) is 0 Å². The minimum Gasteiger partial charge on any atom is -0.491 e. The topological polar surface area (TPSA) is 66.6 Å². The molecule has 0 aliphatic heterocycles. The van der Waals surface area contributed by atoms with Crippen LogP contribution < -0.4 is 4.74 Å². The Morgan fingerprint density at radius 1 is 0.970 bits per heavy atom. The van der Waals surface area contributed by atoms with E-state index >= 15 is 0 Å². The number of hydrogen-bond donors (Lipinski definition) is 2. The summed E-state index contributed by atoms with van der Waals surface area (Å²) in [4.78, 5) is 16.1. The fourth-order valence-electron chi connectivity index (χ4n) is 4.45. The van der Waals surface area contributed by atoms with Crippen molar-refractivity contribution in [3.8, 4) is 5.75 Å². The summed E-state index contributed by atoms with van der Waals surface area (Å²) in [6, 6.07) is 17.0. The molecule has 0 aliphatic rings. The number of fused-ring (bicyclic) bond motifs is 2. The van der Waals surface area contributed by atoms with E-state index in [2.05, 4.69) is 78.3 Å². The van der Waals surface area contributed by atoms with E-state index in [0.717, 1.165) is 48.5 Å². The van der Waals surface area contributed by atoms with Gasteiger partial charge in [-0.2, -0.15) is 0 Å². The Bertz CT molecular complexity index is 1400. The standard InChI is InChI=1S/C28H30N4O/c1-18(2)33-24-8-10-27-25(16-24)21(17-30-27)5-4-6-28-29-12-11-23(32-28)15-20-7-9-26-22(14-20)13-19(3)31-26/h7-14,16-18,30-31H,4-6,15H2,1-3H3. The van der Waals surface area contributed by atoms with E-state index in [1.165, 1.54) is 33.1 Å². The van der Waals surface area contributed by atoms with Crippen molar-refractivity contribution in [3.63, 3.8) is 0 Å². The summed E-state index contributed by atoms with van der Waals surface area (Å²) in [5.74, 6) is 1.83. The molecule has 2 N–H and O–H groups in total. The predicted molar refractivity (Wildman–Crippen MR) is 134 cm³/mol. The maximum absolute atomic E-state index is 5.87. The second-order valence-corrected chi connectivity index (χ2v) is 9.06. The van der Waals surface area contributed by atoms with Crippen molar-refractivity contribution in [1.82, 2.24) is 19.9 Å². The zero-order chi connectivity index (χ0) is 22.8. The molecule has 33 heavy (non-hydrogen) atoms. The second kappa shape index (κ2) is 9.10. The molecule has 0 aliphatic carbocycles. The molecule has 3 aromatic heterocycles. The third kappa shape index (κ3) is 4.92. The van der Waals surface area contributed by atoms with Gasteiger partial charge < -0.3 is 14.7 Å². The van der Waals surface area contributed by atoms with Gasteiger partial charge in [0.1, 0.15) is 11.6 Å². The molecular weight excluding hydrogens is 408 g/mol. The summed E-state index contributed by atoms with van der Waals surface area (Å²) < 4.78 is 5.87. The fourth-order valence-corrected chi connectivity index (χ4v) is 4.45. The molecule has 5 heteroatoms. The Hall–Kier alpha value is -3.60. The normalized spacial score (nSPS) is 11.6. The zero-order valence-corrected chi connectivity index (χ0v) is 19.5. The van der Waals surface area contributed by atoms with Crippen molar-refractivity contribution in [1.29, 1.82) is 0 Å². The molecule has 0 fully saturated rings. The third-order valence-corrected chi connectivity index (χ3v) is 5.93. The van der Waals surface area contributed by atoms with Crippen LogP contribution in [0, 0.1) is 6.92 Å². The summed E-state index contributed by atoms with van der Waals surface area (Å²) in [5.41, 5.74) is 7.16. The predicted octanol–water partition coefficient (Wildman–Crippen LogP) is 6.30. The van der Waals surface area contributed by atoms with Gasteiger partial charge in [-0.25, -0.2) is 9.97 Å². The fraction of sp³-hybridized carbons (Fsp3) is 0.286. The van der Waals surface area contributed by atoms with Crippen LogP contribution in [0.15, 0.2) is 60.9 Å². The molecule has 0 atom stereocenters. The SMILES string of the molecule is Cc1cc2cc(Cc3ccnc(CCCc4c[nH]c5ccc(OC(C)C)cc45)n3)ccc2[nH]1. The molecule has 168 valence electrons. The Labute approximate surface area is 194 Å². The molecule has 3 heterocycles. The van der Waals surface area contributed by atoms with Gasteiger partial charge in [0, 0.05) is 53.0 Å². The lowest BCUT2D eigenvalue weighted by atomic mass is 10.1. The average Bonchev–Trinajstić information content (AvgIpc) is 3.35. The van der Waals surface area contributed by atoms with Gasteiger partial charge in [-0.15, -0.1) is 0 Å². The third-order valence-electron chi connectivity index (χ3n) is 5.93. The first-order valence-corrected chi connectivity index (χ1v) is 11.7. The van der Waals surface area contributed by atoms with Crippen LogP contribution in [0.5, 0.6) is 5.75 Å². The number of rotatable bonds is 8. The van der Waals surface area contributed by atoms with Crippen molar-refractivity contribution >= 4 is 21.8 Å². The van der Waals surface area contributed by atoms with Crippen molar-refractivity contribution < 1.29 is 4.74 Å².